The van der Waals surface area contributed by atoms with Gasteiger partial charge in [0.25, 0.3) is 11.8 Å². The number of benzene rings is 1. The van der Waals surface area contributed by atoms with Crippen molar-refractivity contribution in [1.82, 2.24) is 14.8 Å². The molecule has 0 saturated carbocycles. The molecule has 2 amide bonds. The van der Waals surface area contributed by atoms with Crippen LogP contribution in [0.4, 0.5) is 8.78 Å². The van der Waals surface area contributed by atoms with E-state index in [2.05, 4.69) is 12.2 Å². The van der Waals surface area contributed by atoms with Gasteiger partial charge in [0.2, 0.25) is 11.2 Å². The molecule has 49 heavy (non-hydrogen) atoms. The number of esters is 1. The van der Waals surface area contributed by atoms with Crippen LogP contribution >= 0.6 is 0 Å². The van der Waals surface area contributed by atoms with Crippen molar-refractivity contribution in [2.75, 3.05) is 6.61 Å². The molecule has 3 heterocycles. The van der Waals surface area contributed by atoms with Crippen molar-refractivity contribution in [1.29, 1.82) is 0 Å². The lowest BCUT2D eigenvalue weighted by atomic mass is 10.0. The second-order valence-electron chi connectivity index (χ2n) is 13.5. The first kappa shape index (κ1) is 38.2. The molecule has 0 bridgehead atoms. The van der Waals surface area contributed by atoms with Gasteiger partial charge >= 0.3 is 5.97 Å². The Morgan fingerprint density at radius 3 is 2.14 bits per heavy atom. The molecule has 2 atom stereocenters. The number of ether oxygens (including phenoxy) is 2. The Hall–Kier alpha value is -3.60. The van der Waals surface area contributed by atoms with E-state index in [1.54, 1.807) is 4.90 Å². The zero-order valence-corrected chi connectivity index (χ0v) is 29.2. The number of halogens is 2. The average Bonchev–Trinajstić information content (AvgIpc) is 3.07. The lowest BCUT2D eigenvalue weighted by Crippen LogP contribution is -2.57. The zero-order valence-electron chi connectivity index (χ0n) is 29.2. The van der Waals surface area contributed by atoms with Crippen LogP contribution in [0.2, 0.25) is 0 Å². The van der Waals surface area contributed by atoms with Gasteiger partial charge in [-0.1, -0.05) is 103 Å². The Kier molecular flexibility index (Phi) is 15.2. The molecule has 9 nitrogen and oxygen atoms in total. The minimum Gasteiger partial charge on any atom is -0.420 e. The first-order valence-electron chi connectivity index (χ1n) is 18.4. The molecule has 1 N–H and O–H groups in total. The van der Waals surface area contributed by atoms with Gasteiger partial charge in [-0.15, -0.1) is 0 Å². The number of aromatic nitrogens is 1. The van der Waals surface area contributed by atoms with Crippen molar-refractivity contribution >= 4 is 17.8 Å². The van der Waals surface area contributed by atoms with Gasteiger partial charge in [0.15, 0.2) is 11.9 Å². The molecular weight excluding hydrogens is 632 g/mol. The molecule has 270 valence electrons. The van der Waals surface area contributed by atoms with E-state index in [9.17, 15) is 28.0 Å². The number of carbonyl (C=O) groups excluding carboxylic acids is 3. The van der Waals surface area contributed by atoms with Crippen molar-refractivity contribution in [3.05, 3.63) is 63.1 Å². The number of hydrogen-bond acceptors (Lipinski definition) is 6. The first-order chi connectivity index (χ1) is 23.7. The molecule has 1 fully saturated rings. The predicted octanol–water partition coefficient (Wildman–Crippen LogP) is 7.81. The first-order valence-corrected chi connectivity index (χ1v) is 18.4. The summed E-state index contributed by atoms with van der Waals surface area (Å²) in [4.78, 5) is 55.1. The highest BCUT2D eigenvalue weighted by molar-refractivity contribution is 6.00. The zero-order chi connectivity index (χ0) is 35.2. The minimum absolute atomic E-state index is 0.0263. The molecule has 0 aliphatic carbocycles. The molecule has 1 aromatic carbocycles. The van der Waals surface area contributed by atoms with Gasteiger partial charge in [0.1, 0.15) is 17.2 Å². The number of nitrogens with one attached hydrogen (secondary N) is 1. The third-order valence-corrected chi connectivity index (χ3v) is 9.56. The average molecular weight is 686 g/mol. The van der Waals surface area contributed by atoms with E-state index in [1.165, 1.54) is 87.5 Å². The van der Waals surface area contributed by atoms with Crippen LogP contribution in [0, 0.1) is 11.6 Å². The quantitative estimate of drug-likeness (QED) is 0.113. The molecular formula is C38H53F2N3O6. The molecule has 2 aliphatic rings. The third-order valence-electron chi connectivity index (χ3n) is 9.56. The molecule has 1 aromatic heterocycles. The number of carbonyl (C=O) groups is 3. The summed E-state index contributed by atoms with van der Waals surface area (Å²) in [6.45, 7) is 4.40. The topological polar surface area (TPSA) is 107 Å². The van der Waals surface area contributed by atoms with Crippen molar-refractivity contribution < 1.29 is 32.6 Å². The van der Waals surface area contributed by atoms with E-state index in [1.807, 2.05) is 6.92 Å². The van der Waals surface area contributed by atoms with Gasteiger partial charge in [0, 0.05) is 36.8 Å². The van der Waals surface area contributed by atoms with Gasteiger partial charge in [0.05, 0.1) is 13.2 Å². The third kappa shape index (κ3) is 10.9. The Morgan fingerprint density at radius 2 is 1.53 bits per heavy atom. The Labute approximate surface area is 288 Å². The van der Waals surface area contributed by atoms with Crippen molar-refractivity contribution in [3.63, 3.8) is 0 Å². The molecule has 11 heteroatoms. The number of unbranched alkanes of at least 4 members (excludes halogenated alkanes) is 14. The van der Waals surface area contributed by atoms with E-state index in [0.29, 0.717) is 25.5 Å². The fourth-order valence-corrected chi connectivity index (χ4v) is 6.64. The van der Waals surface area contributed by atoms with Crippen LogP contribution in [-0.2, 0) is 22.6 Å². The van der Waals surface area contributed by atoms with E-state index in [-0.39, 0.29) is 42.4 Å². The number of rotatable bonds is 20. The monoisotopic (exact) mass is 685 g/mol. The van der Waals surface area contributed by atoms with Crippen LogP contribution in [0.25, 0.3) is 0 Å². The minimum atomic E-state index is -0.912. The molecule has 4 rings (SSSR count). The number of nitrogens with zero attached hydrogens (tertiary/aromatic N) is 2. The summed E-state index contributed by atoms with van der Waals surface area (Å²) in [6.07, 6.45) is 19.2. The molecule has 2 aliphatic heterocycles. The molecule has 2 aromatic rings. The fourth-order valence-electron chi connectivity index (χ4n) is 6.64. The van der Waals surface area contributed by atoms with Crippen molar-refractivity contribution in [2.45, 2.75) is 148 Å². The van der Waals surface area contributed by atoms with Crippen LogP contribution in [0.1, 0.15) is 149 Å². The summed E-state index contributed by atoms with van der Waals surface area (Å²) in [6, 6.07) is 2.81. The van der Waals surface area contributed by atoms with Crippen LogP contribution in [0.5, 0.6) is 5.75 Å². The summed E-state index contributed by atoms with van der Waals surface area (Å²) < 4.78 is 40.3. The summed E-state index contributed by atoms with van der Waals surface area (Å²) >= 11 is 0. The maximum atomic E-state index is 14.2. The Balaban J connectivity index is 1.32. The second-order valence-corrected chi connectivity index (χ2v) is 13.5. The van der Waals surface area contributed by atoms with Gasteiger partial charge in [-0.3, -0.25) is 19.2 Å². The van der Waals surface area contributed by atoms with E-state index in [4.69, 9.17) is 9.47 Å². The number of hydrogen-bond donors (Lipinski definition) is 1. The number of fused-ring (bicyclic) bond motifs is 2. The van der Waals surface area contributed by atoms with Crippen molar-refractivity contribution in [3.8, 4) is 5.75 Å². The van der Waals surface area contributed by atoms with Crippen LogP contribution < -0.4 is 15.5 Å². The smallest absolute Gasteiger partial charge is 0.311 e. The largest absolute Gasteiger partial charge is 0.420 e. The summed E-state index contributed by atoms with van der Waals surface area (Å²) in [5.41, 5.74) is -1.36. The highest BCUT2D eigenvalue weighted by Crippen LogP contribution is 2.30. The normalized spacial score (nSPS) is 17.1. The number of pyridine rings is 1. The van der Waals surface area contributed by atoms with Crippen LogP contribution in [-0.4, -0.2) is 46.1 Å². The van der Waals surface area contributed by atoms with E-state index in [0.717, 1.165) is 25.3 Å². The van der Waals surface area contributed by atoms with Gasteiger partial charge in [-0.05, 0) is 25.8 Å². The van der Waals surface area contributed by atoms with Crippen molar-refractivity contribution in [2.24, 2.45) is 0 Å². The van der Waals surface area contributed by atoms with Gasteiger partial charge < -0.3 is 24.3 Å². The maximum absolute atomic E-state index is 14.2. The van der Waals surface area contributed by atoms with Gasteiger partial charge in [-0.2, -0.15) is 0 Å². The lowest BCUT2D eigenvalue weighted by molar-refractivity contribution is -0.134. The summed E-state index contributed by atoms with van der Waals surface area (Å²) in [7, 11) is 0. The Morgan fingerprint density at radius 1 is 0.918 bits per heavy atom. The summed E-state index contributed by atoms with van der Waals surface area (Å²) in [5.74, 6) is -4.11. The lowest BCUT2D eigenvalue weighted by Gasteiger charge is -2.44. The standard InChI is InChI=1S/C38H53F2N3O6/c1-3-4-5-6-7-8-9-10-11-12-13-14-15-16-17-18-33(44)49-36-34-38(47)43-27(2)21-22-48-32(43)26-42(34)25-30(35(36)45)37(46)41-24-28-19-20-29(39)23-31(28)40/h19-20,23,25,27,32H,3-18,21-22,24,26H2,1-2H3,(H,41,46)/t27-,32+/m1/s1. The summed E-state index contributed by atoms with van der Waals surface area (Å²) in [5, 5.41) is 2.48. The maximum Gasteiger partial charge on any atom is 0.311 e. The van der Waals surface area contributed by atoms with Crippen LogP contribution in [0.15, 0.2) is 29.2 Å². The second kappa shape index (κ2) is 19.6. The Bertz CT molecular complexity index is 1480. The molecule has 1 saturated heterocycles. The van der Waals surface area contributed by atoms with Crippen LogP contribution in [0.3, 0.4) is 0 Å². The van der Waals surface area contributed by atoms with E-state index >= 15 is 0 Å². The molecule has 0 unspecified atom stereocenters. The van der Waals surface area contributed by atoms with Gasteiger partial charge in [-0.25, -0.2) is 8.78 Å². The predicted molar refractivity (Wildman–Crippen MR) is 183 cm³/mol. The molecule has 0 spiro atoms. The SMILES string of the molecule is CCCCCCCCCCCCCCCCCC(=O)Oc1c2n(cc(C(=O)NCc3ccc(F)cc3F)c1=O)C[C@@H]1OCC[C@@H](C)N1C2=O. The number of amides is 2. The highest BCUT2D eigenvalue weighted by Gasteiger charge is 2.42. The fraction of sp³-hybridized carbons (Fsp3) is 0.632. The highest BCUT2D eigenvalue weighted by atomic mass is 19.1. The molecule has 0 radical (unpaired) electrons. The van der Waals surface area contributed by atoms with E-state index < -0.39 is 46.8 Å².